The number of hydrogen-bond acceptors (Lipinski definition) is 3. The van der Waals surface area contributed by atoms with Gasteiger partial charge in [0.05, 0.1) is 12.1 Å². The highest BCUT2D eigenvalue weighted by atomic mass is 19.1. The molecule has 1 saturated heterocycles. The zero-order valence-electron chi connectivity index (χ0n) is 14.3. The van der Waals surface area contributed by atoms with Crippen LogP contribution in [0.1, 0.15) is 45.3 Å². The monoisotopic (exact) mass is 336 g/mol. The van der Waals surface area contributed by atoms with Crippen molar-refractivity contribution in [1.29, 1.82) is 0 Å². The first-order chi connectivity index (χ1) is 11.3. The van der Waals surface area contributed by atoms with Gasteiger partial charge in [-0.2, -0.15) is 0 Å². The molecule has 2 rings (SSSR count). The fraction of sp³-hybridized carbons (Fsp3) is 0.556. The maximum Gasteiger partial charge on any atom is 0.243 e. The lowest BCUT2D eigenvalue weighted by molar-refractivity contribution is -0.141. The third-order valence-electron chi connectivity index (χ3n) is 4.39. The molecule has 0 aliphatic carbocycles. The van der Waals surface area contributed by atoms with Gasteiger partial charge in [-0.25, -0.2) is 4.39 Å². The van der Waals surface area contributed by atoms with Crippen LogP contribution >= 0.6 is 0 Å². The Balaban J connectivity index is 2.00. The molecule has 3 unspecified atom stereocenters. The number of aliphatic hydroxyl groups excluding tert-OH is 1. The predicted molar refractivity (Wildman–Crippen MR) is 88.5 cm³/mol. The standard InChI is InChI=1S/C18H25FN2O3/c1-11(2)18(24)21-10-4-5-15(21)17(23)20-12(3)16(22)13-6-8-14(19)9-7-13/h6-9,11-12,15-16,22H,4-5,10H2,1-3H3,(H,20,23). The second-order valence-electron chi connectivity index (χ2n) is 6.64. The molecule has 24 heavy (non-hydrogen) atoms. The molecule has 3 atom stereocenters. The van der Waals surface area contributed by atoms with Crippen molar-refractivity contribution in [3.05, 3.63) is 35.6 Å². The molecular formula is C18H25FN2O3. The van der Waals surface area contributed by atoms with Gasteiger partial charge in [0.15, 0.2) is 0 Å². The lowest BCUT2D eigenvalue weighted by Crippen LogP contribution is -2.50. The van der Waals surface area contributed by atoms with Crippen molar-refractivity contribution in [3.63, 3.8) is 0 Å². The van der Waals surface area contributed by atoms with Crippen LogP contribution in [0.15, 0.2) is 24.3 Å². The van der Waals surface area contributed by atoms with Crippen LogP contribution in [0.5, 0.6) is 0 Å². The predicted octanol–water partition coefficient (Wildman–Crippen LogP) is 2.01. The smallest absolute Gasteiger partial charge is 0.243 e. The van der Waals surface area contributed by atoms with Gasteiger partial charge in [0, 0.05) is 12.5 Å². The third-order valence-corrected chi connectivity index (χ3v) is 4.39. The molecule has 1 aromatic carbocycles. The molecule has 0 aromatic heterocycles. The maximum atomic E-state index is 13.0. The van der Waals surface area contributed by atoms with Crippen LogP contribution in [-0.4, -0.2) is 40.4 Å². The summed E-state index contributed by atoms with van der Waals surface area (Å²) < 4.78 is 13.0. The quantitative estimate of drug-likeness (QED) is 0.864. The van der Waals surface area contributed by atoms with Crippen molar-refractivity contribution in [1.82, 2.24) is 10.2 Å². The Kier molecular flexibility index (Phi) is 5.94. The summed E-state index contributed by atoms with van der Waals surface area (Å²) in [5, 5.41) is 13.1. The Morgan fingerprint density at radius 2 is 1.88 bits per heavy atom. The third kappa shape index (κ3) is 4.12. The van der Waals surface area contributed by atoms with Gasteiger partial charge in [-0.1, -0.05) is 26.0 Å². The van der Waals surface area contributed by atoms with Crippen molar-refractivity contribution in [2.24, 2.45) is 5.92 Å². The molecule has 6 heteroatoms. The molecule has 1 aliphatic heterocycles. The number of nitrogens with zero attached hydrogens (tertiary/aromatic N) is 1. The Morgan fingerprint density at radius 1 is 1.25 bits per heavy atom. The van der Waals surface area contributed by atoms with Crippen molar-refractivity contribution in [3.8, 4) is 0 Å². The van der Waals surface area contributed by atoms with E-state index in [-0.39, 0.29) is 23.5 Å². The number of benzene rings is 1. The van der Waals surface area contributed by atoms with Crippen molar-refractivity contribution in [2.75, 3.05) is 6.54 Å². The maximum absolute atomic E-state index is 13.0. The molecule has 2 amide bonds. The molecule has 0 radical (unpaired) electrons. The van der Waals surface area contributed by atoms with Crippen molar-refractivity contribution < 1.29 is 19.1 Å². The Hall–Kier alpha value is -1.95. The molecule has 0 spiro atoms. The summed E-state index contributed by atoms with van der Waals surface area (Å²) in [5.74, 6) is -0.813. The average molecular weight is 336 g/mol. The van der Waals surface area contributed by atoms with Gasteiger partial charge in [0.25, 0.3) is 0 Å². The number of hydrogen-bond donors (Lipinski definition) is 2. The van der Waals surface area contributed by atoms with E-state index in [4.69, 9.17) is 0 Å². The molecule has 132 valence electrons. The van der Waals surface area contributed by atoms with Gasteiger partial charge in [-0.05, 0) is 37.5 Å². The van der Waals surface area contributed by atoms with Crippen LogP contribution in [0.4, 0.5) is 4.39 Å². The molecule has 0 saturated carbocycles. The largest absolute Gasteiger partial charge is 0.386 e. The van der Waals surface area contributed by atoms with Gasteiger partial charge >= 0.3 is 0 Å². The van der Waals surface area contributed by atoms with E-state index < -0.39 is 18.2 Å². The molecule has 5 nitrogen and oxygen atoms in total. The number of carbonyl (C=O) groups is 2. The minimum Gasteiger partial charge on any atom is -0.386 e. The summed E-state index contributed by atoms with van der Waals surface area (Å²) >= 11 is 0. The van der Waals surface area contributed by atoms with E-state index in [0.717, 1.165) is 6.42 Å². The lowest BCUT2D eigenvalue weighted by atomic mass is 10.0. The van der Waals surface area contributed by atoms with E-state index >= 15 is 0 Å². The first kappa shape index (κ1) is 18.4. The first-order valence-electron chi connectivity index (χ1n) is 8.35. The van der Waals surface area contributed by atoms with Crippen LogP contribution in [-0.2, 0) is 9.59 Å². The zero-order chi connectivity index (χ0) is 17.9. The van der Waals surface area contributed by atoms with Crippen molar-refractivity contribution >= 4 is 11.8 Å². The number of likely N-dealkylation sites (tertiary alicyclic amines) is 1. The number of carbonyl (C=O) groups excluding carboxylic acids is 2. The number of rotatable bonds is 5. The number of nitrogens with one attached hydrogen (secondary N) is 1. The van der Waals surface area contributed by atoms with Gasteiger partial charge in [0.1, 0.15) is 11.9 Å². The second kappa shape index (κ2) is 7.75. The number of amides is 2. The minimum absolute atomic E-state index is 0.0283. The highest BCUT2D eigenvalue weighted by molar-refractivity contribution is 5.89. The van der Waals surface area contributed by atoms with E-state index in [2.05, 4.69) is 5.32 Å². The van der Waals surface area contributed by atoms with E-state index in [9.17, 15) is 19.1 Å². The summed E-state index contributed by atoms with van der Waals surface area (Å²) in [6.07, 6.45) is 0.486. The Labute approximate surface area is 141 Å². The van der Waals surface area contributed by atoms with E-state index in [0.29, 0.717) is 18.5 Å². The molecule has 1 aliphatic rings. The fourth-order valence-corrected chi connectivity index (χ4v) is 2.98. The fourth-order valence-electron chi connectivity index (χ4n) is 2.98. The summed E-state index contributed by atoms with van der Waals surface area (Å²) in [6, 6.07) is 4.50. The average Bonchev–Trinajstić information content (AvgIpc) is 3.03. The van der Waals surface area contributed by atoms with Gasteiger partial charge in [-0.15, -0.1) is 0 Å². The van der Waals surface area contributed by atoms with E-state index in [1.807, 2.05) is 13.8 Å². The normalized spacial score (nSPS) is 20.1. The second-order valence-corrected chi connectivity index (χ2v) is 6.64. The SMILES string of the molecule is CC(C)C(=O)N1CCCC1C(=O)NC(C)C(O)c1ccc(F)cc1. The van der Waals surface area contributed by atoms with Gasteiger partial charge in [0.2, 0.25) is 11.8 Å². The molecule has 1 aromatic rings. The Bertz CT molecular complexity index is 588. The highest BCUT2D eigenvalue weighted by Gasteiger charge is 2.35. The van der Waals surface area contributed by atoms with Gasteiger partial charge in [-0.3, -0.25) is 9.59 Å². The summed E-state index contributed by atoms with van der Waals surface area (Å²) in [6.45, 7) is 5.91. The molecule has 2 N–H and O–H groups in total. The molecule has 0 bridgehead atoms. The number of aliphatic hydroxyl groups is 1. The van der Waals surface area contributed by atoms with Crippen molar-refractivity contribution in [2.45, 2.75) is 51.8 Å². The molecular weight excluding hydrogens is 311 g/mol. The lowest BCUT2D eigenvalue weighted by Gasteiger charge is -2.28. The topological polar surface area (TPSA) is 69.6 Å². The highest BCUT2D eigenvalue weighted by Crippen LogP contribution is 2.22. The van der Waals surface area contributed by atoms with Crippen LogP contribution < -0.4 is 5.32 Å². The van der Waals surface area contributed by atoms with E-state index in [1.54, 1.807) is 11.8 Å². The van der Waals surface area contributed by atoms with E-state index in [1.165, 1.54) is 24.3 Å². The minimum atomic E-state index is -0.940. The number of halogens is 1. The van der Waals surface area contributed by atoms with Gasteiger partial charge < -0.3 is 15.3 Å². The Morgan fingerprint density at radius 3 is 2.46 bits per heavy atom. The van der Waals surface area contributed by atoms with Crippen LogP contribution in [0.25, 0.3) is 0 Å². The molecule has 1 heterocycles. The van der Waals surface area contributed by atoms with Crippen LogP contribution in [0.2, 0.25) is 0 Å². The van der Waals surface area contributed by atoms with Crippen LogP contribution in [0.3, 0.4) is 0 Å². The summed E-state index contributed by atoms with van der Waals surface area (Å²) in [7, 11) is 0. The van der Waals surface area contributed by atoms with Crippen LogP contribution in [0, 0.1) is 11.7 Å². The zero-order valence-corrected chi connectivity index (χ0v) is 14.3. The first-order valence-corrected chi connectivity index (χ1v) is 8.35. The summed E-state index contributed by atoms with van der Waals surface area (Å²) in [4.78, 5) is 26.3. The molecule has 1 fully saturated rings. The summed E-state index contributed by atoms with van der Waals surface area (Å²) in [5.41, 5.74) is 0.533.